The van der Waals surface area contributed by atoms with Crippen molar-refractivity contribution in [2.24, 2.45) is 0 Å². The second-order valence-corrected chi connectivity index (χ2v) is 5.85. The van der Waals surface area contributed by atoms with Gasteiger partial charge < -0.3 is 14.2 Å². The lowest BCUT2D eigenvalue weighted by Gasteiger charge is -2.33. The van der Waals surface area contributed by atoms with Gasteiger partial charge in [-0.2, -0.15) is 4.98 Å². The van der Waals surface area contributed by atoms with Gasteiger partial charge in [0.25, 0.3) is 0 Å². The van der Waals surface area contributed by atoms with E-state index >= 15 is 0 Å². The molecular weight excluding hydrogens is 262 g/mol. The summed E-state index contributed by atoms with van der Waals surface area (Å²) >= 11 is 0. The summed E-state index contributed by atoms with van der Waals surface area (Å²) in [6.45, 7) is 6.15. The molecule has 0 spiro atoms. The molecule has 108 valence electrons. The lowest BCUT2D eigenvalue weighted by Crippen LogP contribution is -2.44. The van der Waals surface area contributed by atoms with E-state index in [1.807, 2.05) is 6.92 Å². The quantitative estimate of drug-likeness (QED) is 0.686. The minimum atomic E-state index is 0.750. The molecule has 0 unspecified atom stereocenters. The smallest absolute Gasteiger partial charge is 0.228 e. The van der Waals surface area contributed by atoms with E-state index < -0.39 is 0 Å². The van der Waals surface area contributed by atoms with Gasteiger partial charge in [-0.05, 0) is 25.4 Å². The third-order valence-electron chi connectivity index (χ3n) is 4.30. The Bertz CT molecular complexity index is 800. The van der Waals surface area contributed by atoms with Crippen LogP contribution in [-0.4, -0.2) is 43.1 Å². The zero-order valence-electron chi connectivity index (χ0n) is 12.5. The highest BCUT2D eigenvalue weighted by molar-refractivity contribution is 6.09. The van der Waals surface area contributed by atoms with Gasteiger partial charge in [0.1, 0.15) is 11.6 Å². The number of fused-ring (bicyclic) bond motifs is 3. The standard InChI is InChI=1S/C17H19N3O/c1-12-11-15-13-5-3-4-6-14(13)16(18-17(15)21-12)20-9-7-19(2)8-10-20/h3-6,11H,7-10H2,1-2H3. The van der Waals surface area contributed by atoms with Crippen molar-refractivity contribution in [1.82, 2.24) is 9.88 Å². The van der Waals surface area contributed by atoms with Crippen LogP contribution in [0.15, 0.2) is 34.7 Å². The number of benzene rings is 1. The Morgan fingerprint density at radius 1 is 1.00 bits per heavy atom. The van der Waals surface area contributed by atoms with Crippen LogP contribution in [0, 0.1) is 6.92 Å². The summed E-state index contributed by atoms with van der Waals surface area (Å²) < 4.78 is 5.78. The fourth-order valence-corrected chi connectivity index (χ4v) is 3.11. The predicted molar refractivity (Wildman–Crippen MR) is 86.0 cm³/mol. The summed E-state index contributed by atoms with van der Waals surface area (Å²) in [5.41, 5.74) is 0.750. The van der Waals surface area contributed by atoms with Crippen LogP contribution in [-0.2, 0) is 0 Å². The second-order valence-electron chi connectivity index (χ2n) is 5.85. The van der Waals surface area contributed by atoms with Gasteiger partial charge in [-0.15, -0.1) is 0 Å². The summed E-state index contributed by atoms with van der Waals surface area (Å²) in [6.07, 6.45) is 0. The van der Waals surface area contributed by atoms with Crippen LogP contribution in [0.3, 0.4) is 0 Å². The van der Waals surface area contributed by atoms with Gasteiger partial charge in [0, 0.05) is 37.0 Å². The van der Waals surface area contributed by atoms with E-state index in [9.17, 15) is 0 Å². The first-order valence-corrected chi connectivity index (χ1v) is 7.45. The van der Waals surface area contributed by atoms with E-state index in [0.29, 0.717) is 0 Å². The van der Waals surface area contributed by atoms with Crippen LogP contribution in [0.1, 0.15) is 5.76 Å². The van der Waals surface area contributed by atoms with Crippen LogP contribution in [0.2, 0.25) is 0 Å². The number of piperazine rings is 1. The number of pyridine rings is 1. The molecule has 0 N–H and O–H groups in total. The molecule has 21 heavy (non-hydrogen) atoms. The summed E-state index contributed by atoms with van der Waals surface area (Å²) in [4.78, 5) is 9.54. The molecule has 1 aromatic carbocycles. The number of aryl methyl sites for hydroxylation is 1. The molecule has 3 aromatic rings. The number of aromatic nitrogens is 1. The monoisotopic (exact) mass is 281 g/mol. The van der Waals surface area contributed by atoms with Crippen molar-refractivity contribution in [2.45, 2.75) is 6.92 Å². The van der Waals surface area contributed by atoms with Gasteiger partial charge in [0.15, 0.2) is 0 Å². The highest BCUT2D eigenvalue weighted by Gasteiger charge is 2.19. The van der Waals surface area contributed by atoms with Crippen LogP contribution in [0.4, 0.5) is 5.82 Å². The largest absolute Gasteiger partial charge is 0.443 e. The molecule has 0 bridgehead atoms. The molecule has 1 aliphatic rings. The summed E-state index contributed by atoms with van der Waals surface area (Å²) in [5.74, 6) is 1.97. The number of anilines is 1. The van der Waals surface area contributed by atoms with Crippen molar-refractivity contribution < 1.29 is 4.42 Å². The molecule has 2 aromatic heterocycles. The van der Waals surface area contributed by atoms with E-state index in [4.69, 9.17) is 9.40 Å². The number of nitrogens with zero attached hydrogens (tertiary/aromatic N) is 3. The van der Waals surface area contributed by atoms with Crippen molar-refractivity contribution in [2.75, 3.05) is 38.1 Å². The number of hydrogen-bond donors (Lipinski definition) is 0. The zero-order chi connectivity index (χ0) is 14.4. The van der Waals surface area contributed by atoms with Crippen LogP contribution >= 0.6 is 0 Å². The topological polar surface area (TPSA) is 32.5 Å². The summed E-state index contributed by atoms with van der Waals surface area (Å²) in [5, 5.41) is 3.56. The highest BCUT2D eigenvalue weighted by atomic mass is 16.3. The van der Waals surface area contributed by atoms with E-state index in [-0.39, 0.29) is 0 Å². The maximum absolute atomic E-state index is 5.78. The molecule has 0 aliphatic carbocycles. The Balaban J connectivity index is 1.93. The Morgan fingerprint density at radius 3 is 2.48 bits per heavy atom. The van der Waals surface area contributed by atoms with Crippen LogP contribution < -0.4 is 4.90 Å². The molecule has 0 radical (unpaired) electrons. The predicted octanol–water partition coefficient (Wildman–Crippen LogP) is 3.04. The van der Waals surface area contributed by atoms with Crippen molar-refractivity contribution in [1.29, 1.82) is 0 Å². The van der Waals surface area contributed by atoms with Crippen molar-refractivity contribution in [3.63, 3.8) is 0 Å². The third-order valence-corrected chi connectivity index (χ3v) is 4.30. The molecule has 0 saturated carbocycles. The number of rotatable bonds is 1. The molecular formula is C17H19N3O. The van der Waals surface area contributed by atoms with E-state index in [0.717, 1.165) is 48.9 Å². The molecule has 1 fully saturated rings. The first kappa shape index (κ1) is 12.7. The van der Waals surface area contributed by atoms with Crippen molar-refractivity contribution in [3.8, 4) is 0 Å². The molecule has 4 rings (SSSR count). The van der Waals surface area contributed by atoms with Crippen LogP contribution in [0.5, 0.6) is 0 Å². The SMILES string of the molecule is Cc1cc2c(nc(N3CCN(C)CC3)c3ccccc32)o1. The van der Waals surface area contributed by atoms with Gasteiger partial charge in [0.05, 0.1) is 0 Å². The fourth-order valence-electron chi connectivity index (χ4n) is 3.11. The lowest BCUT2D eigenvalue weighted by atomic mass is 10.1. The van der Waals surface area contributed by atoms with E-state index in [2.05, 4.69) is 47.2 Å². The van der Waals surface area contributed by atoms with Gasteiger partial charge in [-0.1, -0.05) is 24.3 Å². The van der Waals surface area contributed by atoms with Gasteiger partial charge >= 0.3 is 0 Å². The minimum absolute atomic E-state index is 0.750. The van der Waals surface area contributed by atoms with E-state index in [1.165, 1.54) is 10.8 Å². The normalized spacial score (nSPS) is 17.0. The van der Waals surface area contributed by atoms with E-state index in [1.54, 1.807) is 0 Å². The fraction of sp³-hybridized carbons (Fsp3) is 0.353. The van der Waals surface area contributed by atoms with Gasteiger partial charge in [-0.25, -0.2) is 0 Å². The molecule has 4 heteroatoms. The number of furan rings is 1. The molecule has 0 amide bonds. The summed E-state index contributed by atoms with van der Waals surface area (Å²) in [7, 11) is 2.17. The second kappa shape index (κ2) is 4.74. The lowest BCUT2D eigenvalue weighted by molar-refractivity contribution is 0.312. The first-order chi connectivity index (χ1) is 10.2. The third kappa shape index (κ3) is 2.07. The number of likely N-dealkylation sites (N-methyl/N-ethyl adjacent to an activating group) is 1. The maximum atomic E-state index is 5.78. The molecule has 0 atom stereocenters. The number of hydrogen-bond acceptors (Lipinski definition) is 4. The summed E-state index contributed by atoms with van der Waals surface area (Å²) in [6, 6.07) is 10.6. The average molecular weight is 281 g/mol. The first-order valence-electron chi connectivity index (χ1n) is 7.45. The van der Waals surface area contributed by atoms with Gasteiger partial charge in [0.2, 0.25) is 5.71 Å². The molecule has 1 saturated heterocycles. The average Bonchev–Trinajstić information content (AvgIpc) is 2.88. The Labute approximate surface area is 124 Å². The molecule has 3 heterocycles. The van der Waals surface area contributed by atoms with Crippen molar-refractivity contribution >= 4 is 27.7 Å². The van der Waals surface area contributed by atoms with Crippen LogP contribution in [0.25, 0.3) is 21.9 Å². The minimum Gasteiger partial charge on any atom is -0.443 e. The zero-order valence-corrected chi connectivity index (χ0v) is 12.5. The molecule has 1 aliphatic heterocycles. The van der Waals surface area contributed by atoms with Gasteiger partial charge in [-0.3, -0.25) is 0 Å². The molecule has 4 nitrogen and oxygen atoms in total. The maximum Gasteiger partial charge on any atom is 0.228 e. The Kier molecular flexibility index (Phi) is 2.86. The highest BCUT2D eigenvalue weighted by Crippen LogP contribution is 2.33. The van der Waals surface area contributed by atoms with Crippen molar-refractivity contribution in [3.05, 3.63) is 36.1 Å². The Morgan fingerprint density at radius 2 is 1.71 bits per heavy atom. The Hall–Kier alpha value is -2.07.